The number of hydrogen-bond acceptors (Lipinski definition) is 3. The molecule has 0 spiro atoms. The lowest BCUT2D eigenvalue weighted by Crippen LogP contribution is -2.57. The second kappa shape index (κ2) is 5.25. The third-order valence-electron chi connectivity index (χ3n) is 4.51. The van der Waals surface area contributed by atoms with Gasteiger partial charge in [0.15, 0.2) is 0 Å². The smallest absolute Gasteiger partial charge is 0.0777 e. The summed E-state index contributed by atoms with van der Waals surface area (Å²) in [6, 6.07) is 0. The third-order valence-corrected chi connectivity index (χ3v) is 4.51. The lowest BCUT2D eigenvalue weighted by Gasteiger charge is -2.45. The minimum atomic E-state index is 0.0727. The number of nitrogens with zero attached hydrogens (tertiary/aromatic N) is 1. The van der Waals surface area contributed by atoms with Gasteiger partial charge in [-0.3, -0.25) is 4.90 Å². The summed E-state index contributed by atoms with van der Waals surface area (Å²) in [6.45, 7) is 9.30. The molecule has 2 heterocycles. The molecule has 17 heavy (non-hydrogen) atoms. The first kappa shape index (κ1) is 13.3. The summed E-state index contributed by atoms with van der Waals surface area (Å²) in [4.78, 5) is 2.59. The standard InChI is InChI=1S/C14H28N2O/c1-13(7-4-5-9-15-13)11-16-10-6-8-14(2,12-16)17-3/h15H,4-12H2,1-3H3. The highest BCUT2D eigenvalue weighted by Crippen LogP contribution is 2.27. The van der Waals surface area contributed by atoms with Gasteiger partial charge in [-0.1, -0.05) is 6.42 Å². The van der Waals surface area contributed by atoms with Crippen LogP contribution in [0.25, 0.3) is 0 Å². The molecule has 0 amide bonds. The molecule has 3 heteroatoms. The Morgan fingerprint density at radius 3 is 2.65 bits per heavy atom. The molecule has 0 radical (unpaired) electrons. The largest absolute Gasteiger partial charge is 0.377 e. The molecule has 0 bridgehead atoms. The van der Waals surface area contributed by atoms with Crippen LogP contribution in [0, 0.1) is 0 Å². The first-order chi connectivity index (χ1) is 8.05. The number of methoxy groups -OCH3 is 1. The van der Waals surface area contributed by atoms with Crippen molar-refractivity contribution >= 4 is 0 Å². The van der Waals surface area contributed by atoms with Crippen molar-refractivity contribution in [3.05, 3.63) is 0 Å². The fraction of sp³-hybridized carbons (Fsp3) is 1.00. The molecular formula is C14H28N2O. The molecule has 1 N–H and O–H groups in total. The van der Waals surface area contributed by atoms with Gasteiger partial charge < -0.3 is 10.1 Å². The maximum Gasteiger partial charge on any atom is 0.0777 e. The molecule has 2 aliphatic rings. The fourth-order valence-corrected chi connectivity index (χ4v) is 3.36. The Kier molecular flexibility index (Phi) is 4.11. The summed E-state index contributed by atoms with van der Waals surface area (Å²) in [5.41, 5.74) is 0.396. The van der Waals surface area contributed by atoms with Crippen molar-refractivity contribution in [1.82, 2.24) is 10.2 Å². The van der Waals surface area contributed by atoms with Crippen molar-refractivity contribution in [3.8, 4) is 0 Å². The van der Waals surface area contributed by atoms with E-state index in [9.17, 15) is 0 Å². The molecule has 3 nitrogen and oxygen atoms in total. The van der Waals surface area contributed by atoms with Crippen LogP contribution < -0.4 is 5.32 Å². The molecule has 2 aliphatic heterocycles. The van der Waals surface area contributed by atoms with Crippen LogP contribution in [0.15, 0.2) is 0 Å². The van der Waals surface area contributed by atoms with Crippen molar-refractivity contribution in [1.29, 1.82) is 0 Å². The number of ether oxygens (including phenoxy) is 1. The van der Waals surface area contributed by atoms with E-state index in [2.05, 4.69) is 24.1 Å². The summed E-state index contributed by atoms with van der Waals surface area (Å²) in [5.74, 6) is 0. The topological polar surface area (TPSA) is 24.5 Å². The molecule has 2 fully saturated rings. The first-order valence-corrected chi connectivity index (χ1v) is 7.08. The van der Waals surface area contributed by atoms with Gasteiger partial charge in [0.1, 0.15) is 0 Å². The second-order valence-corrected chi connectivity index (χ2v) is 6.41. The Balaban J connectivity index is 1.89. The molecule has 0 saturated carbocycles. The number of rotatable bonds is 3. The predicted molar refractivity (Wildman–Crippen MR) is 71.3 cm³/mol. The first-order valence-electron chi connectivity index (χ1n) is 7.08. The number of piperidine rings is 2. The summed E-state index contributed by atoms with van der Waals surface area (Å²) in [6.07, 6.45) is 6.49. The molecule has 2 rings (SSSR count). The van der Waals surface area contributed by atoms with Gasteiger partial charge in [-0.2, -0.15) is 0 Å². The van der Waals surface area contributed by atoms with E-state index >= 15 is 0 Å². The van der Waals surface area contributed by atoms with Crippen molar-refractivity contribution in [3.63, 3.8) is 0 Å². The van der Waals surface area contributed by atoms with Crippen LogP contribution in [0.2, 0.25) is 0 Å². The van der Waals surface area contributed by atoms with Crippen molar-refractivity contribution < 1.29 is 4.74 Å². The van der Waals surface area contributed by atoms with Gasteiger partial charge in [-0.25, -0.2) is 0 Å². The average Bonchev–Trinajstić information content (AvgIpc) is 2.29. The highest BCUT2D eigenvalue weighted by molar-refractivity contribution is 4.93. The maximum absolute atomic E-state index is 5.67. The minimum Gasteiger partial charge on any atom is -0.377 e. The molecule has 2 atom stereocenters. The molecule has 100 valence electrons. The molecule has 0 aromatic heterocycles. The van der Waals surface area contributed by atoms with Crippen molar-refractivity contribution in [2.24, 2.45) is 0 Å². The van der Waals surface area contributed by atoms with E-state index in [1.165, 1.54) is 51.7 Å². The maximum atomic E-state index is 5.67. The Morgan fingerprint density at radius 1 is 1.18 bits per heavy atom. The van der Waals surface area contributed by atoms with Crippen LogP contribution >= 0.6 is 0 Å². The van der Waals surface area contributed by atoms with Gasteiger partial charge in [-0.15, -0.1) is 0 Å². The molecule has 2 unspecified atom stereocenters. The Labute approximate surface area is 106 Å². The molecule has 2 saturated heterocycles. The van der Waals surface area contributed by atoms with Crippen LogP contribution in [-0.2, 0) is 4.74 Å². The summed E-state index contributed by atoms with van der Waals surface area (Å²) in [5, 5.41) is 3.71. The Hall–Kier alpha value is -0.120. The van der Waals surface area contributed by atoms with Gasteiger partial charge in [0, 0.05) is 25.7 Å². The molecule has 0 aromatic rings. The summed E-state index contributed by atoms with van der Waals surface area (Å²) >= 11 is 0. The highest BCUT2D eigenvalue weighted by atomic mass is 16.5. The van der Waals surface area contributed by atoms with Crippen LogP contribution in [-0.4, -0.2) is 49.3 Å². The molecular weight excluding hydrogens is 212 g/mol. The van der Waals surface area contributed by atoms with Crippen LogP contribution in [0.3, 0.4) is 0 Å². The Morgan fingerprint density at radius 2 is 2.00 bits per heavy atom. The van der Waals surface area contributed by atoms with E-state index in [0.29, 0.717) is 5.54 Å². The summed E-state index contributed by atoms with van der Waals surface area (Å²) < 4.78 is 5.67. The van der Waals surface area contributed by atoms with E-state index in [4.69, 9.17) is 4.74 Å². The number of nitrogens with one attached hydrogen (secondary N) is 1. The zero-order chi connectivity index (χ0) is 12.4. The zero-order valence-electron chi connectivity index (χ0n) is 11.7. The van der Waals surface area contributed by atoms with Crippen molar-refractivity contribution in [2.45, 2.75) is 57.1 Å². The van der Waals surface area contributed by atoms with E-state index in [0.717, 1.165) is 6.54 Å². The molecule has 0 aromatic carbocycles. The predicted octanol–water partition coefficient (Wildman–Crippen LogP) is 2.02. The average molecular weight is 240 g/mol. The minimum absolute atomic E-state index is 0.0727. The van der Waals surface area contributed by atoms with Crippen molar-refractivity contribution in [2.75, 3.05) is 33.3 Å². The van der Waals surface area contributed by atoms with Gasteiger partial charge in [0.25, 0.3) is 0 Å². The quantitative estimate of drug-likeness (QED) is 0.817. The van der Waals surface area contributed by atoms with Gasteiger partial charge in [0.2, 0.25) is 0 Å². The lowest BCUT2D eigenvalue weighted by molar-refractivity contribution is -0.0564. The van der Waals surface area contributed by atoms with E-state index < -0.39 is 0 Å². The van der Waals surface area contributed by atoms with Crippen LogP contribution in [0.4, 0.5) is 0 Å². The van der Waals surface area contributed by atoms with Crippen LogP contribution in [0.5, 0.6) is 0 Å². The zero-order valence-corrected chi connectivity index (χ0v) is 11.7. The Bertz CT molecular complexity index is 251. The number of hydrogen-bond donors (Lipinski definition) is 1. The second-order valence-electron chi connectivity index (χ2n) is 6.41. The summed E-state index contributed by atoms with van der Waals surface area (Å²) in [7, 11) is 1.85. The van der Waals surface area contributed by atoms with E-state index in [-0.39, 0.29) is 5.60 Å². The van der Waals surface area contributed by atoms with Gasteiger partial charge >= 0.3 is 0 Å². The fourth-order valence-electron chi connectivity index (χ4n) is 3.36. The molecule has 0 aliphatic carbocycles. The number of likely N-dealkylation sites (tertiary alicyclic amines) is 1. The van der Waals surface area contributed by atoms with Gasteiger partial charge in [0.05, 0.1) is 5.60 Å². The normalized spacial score (nSPS) is 40.4. The highest BCUT2D eigenvalue weighted by Gasteiger charge is 2.35. The SMILES string of the molecule is COC1(C)CCCN(CC2(C)CCCCN2)C1. The third kappa shape index (κ3) is 3.43. The van der Waals surface area contributed by atoms with Crippen LogP contribution in [0.1, 0.15) is 46.0 Å². The lowest BCUT2D eigenvalue weighted by atomic mass is 9.88. The van der Waals surface area contributed by atoms with Gasteiger partial charge in [-0.05, 0) is 52.6 Å². The van der Waals surface area contributed by atoms with E-state index in [1.807, 2.05) is 7.11 Å². The monoisotopic (exact) mass is 240 g/mol. The van der Waals surface area contributed by atoms with E-state index in [1.54, 1.807) is 0 Å².